The van der Waals surface area contributed by atoms with Gasteiger partial charge in [-0.15, -0.1) is 0 Å². The van der Waals surface area contributed by atoms with Crippen molar-refractivity contribution in [3.63, 3.8) is 0 Å². The highest BCUT2D eigenvalue weighted by atomic mass is 19.2. The van der Waals surface area contributed by atoms with Gasteiger partial charge in [-0.3, -0.25) is 4.40 Å². The van der Waals surface area contributed by atoms with Gasteiger partial charge < -0.3 is 21.1 Å². The molecule has 0 fully saturated rings. The van der Waals surface area contributed by atoms with Gasteiger partial charge in [-0.25, -0.2) is 14.4 Å². The van der Waals surface area contributed by atoms with Crippen molar-refractivity contribution in [1.82, 2.24) is 19.7 Å². The Labute approximate surface area is 203 Å². The van der Waals surface area contributed by atoms with Crippen molar-refractivity contribution in [2.45, 2.75) is 39.3 Å². The van der Waals surface area contributed by atoms with Gasteiger partial charge >= 0.3 is 0 Å². The molecule has 4 aromatic rings. The zero-order valence-corrected chi connectivity index (χ0v) is 20.3. The van der Waals surface area contributed by atoms with Gasteiger partial charge in [0.05, 0.1) is 19.0 Å². The van der Waals surface area contributed by atoms with Crippen molar-refractivity contribution in [3.8, 4) is 17.0 Å². The number of hydrogen-bond acceptors (Lipinski definition) is 6. The summed E-state index contributed by atoms with van der Waals surface area (Å²) in [5, 5.41) is 6.81. The molecule has 0 aliphatic carbocycles. The third kappa shape index (κ3) is 4.96. The highest BCUT2D eigenvalue weighted by molar-refractivity contribution is 5.75. The maximum Gasteiger partial charge on any atom is 0.201 e. The van der Waals surface area contributed by atoms with Crippen LogP contribution in [-0.4, -0.2) is 33.6 Å². The van der Waals surface area contributed by atoms with Gasteiger partial charge in [-0.1, -0.05) is 13.0 Å². The number of methoxy groups -OCH3 is 1. The van der Waals surface area contributed by atoms with Gasteiger partial charge in [-0.05, 0) is 55.7 Å². The van der Waals surface area contributed by atoms with Crippen molar-refractivity contribution in [2.75, 3.05) is 19.0 Å². The molecule has 0 radical (unpaired) electrons. The number of ether oxygens (including phenoxy) is 1. The molecule has 0 aliphatic heterocycles. The van der Waals surface area contributed by atoms with Gasteiger partial charge in [0.2, 0.25) is 5.82 Å². The smallest absolute Gasteiger partial charge is 0.201 e. The number of nitrogens with zero attached hydrogens (tertiary/aromatic N) is 3. The molecule has 2 heterocycles. The van der Waals surface area contributed by atoms with Crippen LogP contribution in [0.3, 0.4) is 0 Å². The lowest BCUT2D eigenvalue weighted by molar-refractivity contribution is 0.372. The van der Waals surface area contributed by atoms with Gasteiger partial charge in [0.15, 0.2) is 23.0 Å². The summed E-state index contributed by atoms with van der Waals surface area (Å²) in [6.45, 7) is 7.52. The van der Waals surface area contributed by atoms with Crippen LogP contribution in [0, 0.1) is 11.6 Å². The Kier molecular flexibility index (Phi) is 7.00. The largest absolute Gasteiger partial charge is 0.494 e. The van der Waals surface area contributed by atoms with Crippen molar-refractivity contribution in [1.29, 1.82) is 0 Å². The van der Waals surface area contributed by atoms with E-state index in [9.17, 15) is 8.78 Å². The van der Waals surface area contributed by atoms with E-state index >= 15 is 0 Å². The van der Waals surface area contributed by atoms with E-state index in [1.165, 1.54) is 36.6 Å². The Morgan fingerprint density at radius 2 is 1.89 bits per heavy atom. The molecule has 4 N–H and O–H groups in total. The monoisotopic (exact) mass is 480 g/mol. The molecule has 0 saturated carbocycles. The van der Waals surface area contributed by atoms with E-state index in [0.717, 1.165) is 18.7 Å². The van der Waals surface area contributed by atoms with E-state index in [0.29, 0.717) is 23.7 Å². The molecule has 9 heteroatoms. The summed E-state index contributed by atoms with van der Waals surface area (Å²) in [6.07, 6.45) is 5.61. The normalized spacial score (nSPS) is 11.7. The predicted molar refractivity (Wildman–Crippen MR) is 134 cm³/mol. The summed E-state index contributed by atoms with van der Waals surface area (Å²) < 4.78 is 35.6. The Bertz CT molecular complexity index is 1350. The Morgan fingerprint density at radius 3 is 2.60 bits per heavy atom. The predicted octanol–water partition coefficient (Wildman–Crippen LogP) is 4.82. The van der Waals surface area contributed by atoms with Crippen molar-refractivity contribution in [3.05, 3.63) is 71.7 Å². The molecule has 7 nitrogen and oxygen atoms in total. The second kappa shape index (κ2) is 9.97. The van der Waals surface area contributed by atoms with E-state index < -0.39 is 11.6 Å². The number of aromatic nitrogens is 3. The minimum absolute atomic E-state index is 0.0819. The Hall–Kier alpha value is -3.56. The number of nitrogens with one attached hydrogen (secondary N) is 2. The first-order valence-corrected chi connectivity index (χ1v) is 11.5. The fourth-order valence-electron chi connectivity index (χ4n) is 3.84. The number of hydrogen-bond donors (Lipinski definition) is 3. The van der Waals surface area contributed by atoms with Gasteiger partial charge in [0.1, 0.15) is 0 Å². The molecule has 0 aliphatic rings. The van der Waals surface area contributed by atoms with Crippen LogP contribution >= 0.6 is 0 Å². The molecule has 2 aromatic heterocycles. The van der Waals surface area contributed by atoms with Crippen LogP contribution in [-0.2, 0) is 13.0 Å². The van der Waals surface area contributed by atoms with E-state index in [2.05, 4.69) is 53.5 Å². The second-order valence-electron chi connectivity index (χ2n) is 8.96. The fraction of sp³-hybridized carbons (Fsp3) is 0.308. The number of imidazole rings is 1. The van der Waals surface area contributed by atoms with Crippen LogP contribution in [0.25, 0.3) is 16.9 Å². The van der Waals surface area contributed by atoms with Crippen LogP contribution in [0.2, 0.25) is 0 Å². The first-order chi connectivity index (χ1) is 16.8. The van der Waals surface area contributed by atoms with Crippen LogP contribution in [0.4, 0.5) is 20.3 Å². The highest BCUT2D eigenvalue weighted by Gasteiger charge is 2.19. The number of aryl methyl sites for hydroxylation is 1. The number of nitrogens with two attached hydrogens (primary N) is 1. The molecule has 4 rings (SSSR count). The molecule has 0 bridgehead atoms. The van der Waals surface area contributed by atoms with Gasteiger partial charge in [0.25, 0.3) is 0 Å². The first kappa shape index (κ1) is 24.6. The maximum absolute atomic E-state index is 14.7. The summed E-state index contributed by atoms with van der Waals surface area (Å²) in [5.41, 5.74) is 9.92. The molecule has 0 spiro atoms. The van der Waals surface area contributed by atoms with Crippen molar-refractivity contribution < 1.29 is 13.5 Å². The molecule has 0 saturated heterocycles. The van der Waals surface area contributed by atoms with E-state index in [4.69, 9.17) is 10.5 Å². The summed E-state index contributed by atoms with van der Waals surface area (Å²) in [6, 6.07) is 9.01. The second-order valence-corrected chi connectivity index (χ2v) is 8.96. The number of halogens is 2. The van der Waals surface area contributed by atoms with Gasteiger partial charge in [0, 0.05) is 42.3 Å². The molecule has 35 heavy (non-hydrogen) atoms. The summed E-state index contributed by atoms with van der Waals surface area (Å²) >= 11 is 0. The van der Waals surface area contributed by atoms with Crippen LogP contribution in [0.5, 0.6) is 5.75 Å². The van der Waals surface area contributed by atoms with E-state index in [1.807, 2.05) is 6.07 Å². The zero-order chi connectivity index (χ0) is 25.2. The van der Waals surface area contributed by atoms with Crippen molar-refractivity contribution >= 4 is 17.2 Å². The Balaban J connectivity index is 1.64. The lowest BCUT2D eigenvalue weighted by Gasteiger charge is -2.25. The molecule has 184 valence electrons. The first-order valence-electron chi connectivity index (χ1n) is 11.5. The fourth-order valence-corrected chi connectivity index (χ4v) is 3.84. The maximum atomic E-state index is 14.7. The SMILES string of the molecule is CCc1cc(Nc2nccn3c(-c4ccc(OC)c(F)c4F)cnc23)ccc1CNC(C)(C)CN. The van der Waals surface area contributed by atoms with Crippen molar-refractivity contribution in [2.24, 2.45) is 5.73 Å². The molecule has 2 aromatic carbocycles. The summed E-state index contributed by atoms with van der Waals surface area (Å²) in [4.78, 5) is 8.85. The lowest BCUT2D eigenvalue weighted by Crippen LogP contribution is -2.45. The number of fused-ring (bicyclic) bond motifs is 1. The summed E-state index contributed by atoms with van der Waals surface area (Å²) in [5.74, 6) is -1.68. The van der Waals surface area contributed by atoms with Crippen LogP contribution in [0.1, 0.15) is 31.9 Å². The third-order valence-electron chi connectivity index (χ3n) is 6.09. The highest BCUT2D eigenvalue weighted by Crippen LogP contribution is 2.31. The quantitative estimate of drug-likeness (QED) is 0.318. The third-order valence-corrected chi connectivity index (χ3v) is 6.09. The lowest BCUT2D eigenvalue weighted by atomic mass is 10.0. The van der Waals surface area contributed by atoms with Crippen LogP contribution in [0.15, 0.2) is 48.9 Å². The average Bonchev–Trinajstić information content (AvgIpc) is 3.29. The minimum Gasteiger partial charge on any atom is -0.494 e. The molecular formula is C26H30F2N6O. The molecule has 0 amide bonds. The standard InChI is InChI=1S/C26H30F2N6O/c1-5-16-12-18(7-6-17(16)13-32-26(2,3)15-29)33-24-25-31-14-20(34(25)11-10-30-24)19-8-9-21(35-4)23(28)22(19)27/h6-12,14,32H,5,13,15,29H2,1-4H3,(H,30,33). The van der Waals surface area contributed by atoms with E-state index in [-0.39, 0.29) is 16.9 Å². The molecule has 0 unspecified atom stereocenters. The topological polar surface area (TPSA) is 89.5 Å². The van der Waals surface area contributed by atoms with E-state index in [1.54, 1.807) is 16.8 Å². The van der Waals surface area contributed by atoms with Gasteiger partial charge in [-0.2, -0.15) is 4.39 Å². The Morgan fingerprint density at radius 1 is 1.09 bits per heavy atom. The van der Waals surface area contributed by atoms with Crippen LogP contribution < -0.4 is 21.1 Å². The number of benzene rings is 2. The number of rotatable bonds is 9. The average molecular weight is 481 g/mol. The minimum atomic E-state index is -1.04. The molecule has 0 atom stereocenters. The summed E-state index contributed by atoms with van der Waals surface area (Å²) in [7, 11) is 1.29. The molecular weight excluding hydrogens is 450 g/mol. The number of anilines is 2. The zero-order valence-electron chi connectivity index (χ0n) is 20.3.